The Labute approximate surface area is 130 Å². The number of carbonyl (C=O) groups excluding carboxylic acids is 1. The minimum absolute atomic E-state index is 0.0945. The van der Waals surface area contributed by atoms with E-state index in [1.165, 1.54) is 19.2 Å². The fraction of sp³-hybridized carbons (Fsp3) is 0.200. The van der Waals surface area contributed by atoms with Crippen LogP contribution in [0.2, 0.25) is 0 Å². The van der Waals surface area contributed by atoms with Crippen molar-refractivity contribution in [1.82, 2.24) is 4.98 Å². The number of rotatable bonds is 4. The summed E-state index contributed by atoms with van der Waals surface area (Å²) in [6.45, 7) is 2.19. The second-order valence-corrected chi connectivity index (χ2v) is 4.86. The Kier molecular flexibility index (Phi) is 4.90. The number of aromatic nitrogens is 1. The van der Waals surface area contributed by atoms with E-state index in [1.807, 2.05) is 0 Å². The molecule has 0 saturated carbocycles. The zero-order valence-electron chi connectivity index (χ0n) is 11.5. The van der Waals surface area contributed by atoms with Gasteiger partial charge in [-0.1, -0.05) is 12.1 Å². The van der Waals surface area contributed by atoms with E-state index in [0.29, 0.717) is 22.5 Å². The molecule has 0 aliphatic heterocycles. The summed E-state index contributed by atoms with van der Waals surface area (Å²) in [5.74, 6) is -0.573. The highest BCUT2D eigenvalue weighted by molar-refractivity contribution is 9.10. The van der Waals surface area contributed by atoms with Crippen LogP contribution in [0.3, 0.4) is 0 Å². The molecule has 4 nitrogen and oxygen atoms in total. The van der Waals surface area contributed by atoms with Crippen molar-refractivity contribution >= 4 is 21.9 Å². The molecule has 110 valence electrons. The van der Waals surface area contributed by atoms with E-state index in [-0.39, 0.29) is 11.5 Å². The fourth-order valence-corrected chi connectivity index (χ4v) is 2.33. The Morgan fingerprint density at radius 1 is 1.33 bits per heavy atom. The van der Waals surface area contributed by atoms with Crippen LogP contribution < -0.4 is 4.74 Å². The Morgan fingerprint density at radius 2 is 2.00 bits per heavy atom. The molecule has 0 atom stereocenters. The largest absolute Gasteiger partial charge is 0.491 e. The molecule has 1 aromatic carbocycles. The summed E-state index contributed by atoms with van der Waals surface area (Å²) in [5.41, 5.74) is 1.55. The van der Waals surface area contributed by atoms with Gasteiger partial charge in [0, 0.05) is 5.56 Å². The van der Waals surface area contributed by atoms with Crippen LogP contribution in [0.4, 0.5) is 4.39 Å². The van der Waals surface area contributed by atoms with Crippen LogP contribution in [0, 0.1) is 5.82 Å². The first-order chi connectivity index (χ1) is 10.1. The van der Waals surface area contributed by atoms with Gasteiger partial charge in [0.1, 0.15) is 10.4 Å². The highest BCUT2D eigenvalue weighted by Gasteiger charge is 2.19. The summed E-state index contributed by atoms with van der Waals surface area (Å²) < 4.78 is 23.6. The van der Waals surface area contributed by atoms with Gasteiger partial charge in [-0.05, 0) is 46.6 Å². The van der Waals surface area contributed by atoms with Crippen LogP contribution >= 0.6 is 15.9 Å². The van der Waals surface area contributed by atoms with Crippen molar-refractivity contribution < 1.29 is 18.7 Å². The molecule has 0 radical (unpaired) electrons. The van der Waals surface area contributed by atoms with Gasteiger partial charge in [-0.25, -0.2) is 14.2 Å². The molecule has 2 aromatic rings. The number of hydrogen-bond acceptors (Lipinski definition) is 4. The van der Waals surface area contributed by atoms with Crippen molar-refractivity contribution in [3.8, 4) is 16.9 Å². The summed E-state index contributed by atoms with van der Waals surface area (Å²) in [7, 11) is 1.28. The van der Waals surface area contributed by atoms with Gasteiger partial charge >= 0.3 is 5.97 Å². The molecule has 0 N–H and O–H groups in total. The predicted molar refractivity (Wildman–Crippen MR) is 79.8 cm³/mol. The third-order valence-corrected chi connectivity index (χ3v) is 3.38. The third-order valence-electron chi connectivity index (χ3n) is 2.77. The first-order valence-corrected chi connectivity index (χ1v) is 7.03. The number of halogens is 2. The van der Waals surface area contributed by atoms with Crippen molar-refractivity contribution in [3.63, 3.8) is 0 Å². The van der Waals surface area contributed by atoms with Gasteiger partial charge in [0.2, 0.25) is 0 Å². The maximum atomic E-state index is 13.0. The second-order valence-electron chi connectivity index (χ2n) is 4.10. The summed E-state index contributed by atoms with van der Waals surface area (Å²) in [6.07, 6.45) is 0. The summed E-state index contributed by atoms with van der Waals surface area (Å²) >= 11 is 3.32. The normalized spacial score (nSPS) is 10.3. The minimum atomic E-state index is -0.579. The molecular weight excluding hydrogens is 341 g/mol. The van der Waals surface area contributed by atoms with E-state index in [2.05, 4.69) is 25.7 Å². The van der Waals surface area contributed by atoms with Gasteiger partial charge in [-0.2, -0.15) is 0 Å². The van der Waals surface area contributed by atoms with Crippen molar-refractivity contribution in [2.24, 2.45) is 0 Å². The SMILES string of the molecule is CCOc1cc(-c2ccc(F)cc2)c(Br)nc1C(=O)OC. The van der Waals surface area contributed by atoms with Crippen LogP contribution in [-0.2, 0) is 4.74 Å². The van der Waals surface area contributed by atoms with Crippen LogP contribution in [0.5, 0.6) is 5.75 Å². The van der Waals surface area contributed by atoms with Gasteiger partial charge in [-0.15, -0.1) is 0 Å². The molecule has 1 aromatic heterocycles. The first kappa shape index (κ1) is 15.4. The first-order valence-electron chi connectivity index (χ1n) is 6.24. The number of benzene rings is 1. The number of ether oxygens (including phenoxy) is 2. The van der Waals surface area contributed by atoms with Crippen molar-refractivity contribution in [1.29, 1.82) is 0 Å². The Morgan fingerprint density at radius 3 is 2.57 bits per heavy atom. The Balaban J connectivity index is 2.55. The third kappa shape index (κ3) is 3.39. The van der Waals surface area contributed by atoms with Gasteiger partial charge in [0.25, 0.3) is 0 Å². The van der Waals surface area contributed by atoms with Crippen LogP contribution in [0.15, 0.2) is 34.9 Å². The van der Waals surface area contributed by atoms with Crippen LogP contribution in [0.25, 0.3) is 11.1 Å². The molecule has 0 spiro atoms. The smallest absolute Gasteiger partial charge is 0.360 e. The Bertz CT molecular complexity index is 659. The average Bonchev–Trinajstić information content (AvgIpc) is 2.49. The average molecular weight is 354 g/mol. The molecule has 0 unspecified atom stereocenters. The molecule has 6 heteroatoms. The standard InChI is InChI=1S/C15H13BrFNO3/c1-3-21-12-8-11(9-4-6-10(17)7-5-9)14(16)18-13(12)15(19)20-2/h4-8H,3H2,1-2H3. The zero-order valence-corrected chi connectivity index (χ0v) is 13.1. The maximum absolute atomic E-state index is 13.0. The molecule has 0 saturated heterocycles. The topological polar surface area (TPSA) is 48.4 Å². The van der Waals surface area contributed by atoms with E-state index in [4.69, 9.17) is 4.74 Å². The van der Waals surface area contributed by atoms with Crippen molar-refractivity contribution in [3.05, 3.63) is 46.4 Å². The van der Waals surface area contributed by atoms with Crippen molar-refractivity contribution in [2.45, 2.75) is 6.92 Å². The number of carbonyl (C=O) groups is 1. The van der Waals surface area contributed by atoms with E-state index in [1.54, 1.807) is 25.1 Å². The van der Waals surface area contributed by atoms with Gasteiger partial charge in [0.05, 0.1) is 13.7 Å². The lowest BCUT2D eigenvalue weighted by Gasteiger charge is -2.12. The van der Waals surface area contributed by atoms with E-state index < -0.39 is 5.97 Å². The number of hydrogen-bond donors (Lipinski definition) is 0. The lowest BCUT2D eigenvalue weighted by molar-refractivity contribution is 0.0589. The minimum Gasteiger partial charge on any atom is -0.491 e. The summed E-state index contributed by atoms with van der Waals surface area (Å²) in [6, 6.07) is 7.65. The lowest BCUT2D eigenvalue weighted by Crippen LogP contribution is -2.09. The molecule has 0 aliphatic carbocycles. The monoisotopic (exact) mass is 353 g/mol. The van der Waals surface area contributed by atoms with E-state index >= 15 is 0 Å². The fourth-order valence-electron chi connectivity index (χ4n) is 1.81. The molecular formula is C15H13BrFNO3. The number of nitrogens with zero attached hydrogens (tertiary/aromatic N) is 1. The van der Waals surface area contributed by atoms with Gasteiger partial charge < -0.3 is 9.47 Å². The number of pyridine rings is 1. The lowest BCUT2D eigenvalue weighted by atomic mass is 10.1. The molecule has 0 amide bonds. The molecule has 2 rings (SSSR count). The molecule has 1 heterocycles. The summed E-state index contributed by atoms with van der Waals surface area (Å²) in [5, 5.41) is 0. The van der Waals surface area contributed by atoms with E-state index in [0.717, 1.165) is 5.56 Å². The summed E-state index contributed by atoms with van der Waals surface area (Å²) in [4.78, 5) is 15.9. The Hall–Kier alpha value is -1.95. The van der Waals surface area contributed by atoms with Gasteiger partial charge in [0.15, 0.2) is 11.4 Å². The van der Waals surface area contributed by atoms with Crippen LogP contribution in [-0.4, -0.2) is 24.7 Å². The predicted octanol–water partition coefficient (Wildman–Crippen LogP) is 3.84. The molecule has 0 fully saturated rings. The van der Waals surface area contributed by atoms with Crippen molar-refractivity contribution in [2.75, 3.05) is 13.7 Å². The molecule has 0 bridgehead atoms. The zero-order chi connectivity index (χ0) is 15.4. The highest BCUT2D eigenvalue weighted by Crippen LogP contribution is 2.32. The van der Waals surface area contributed by atoms with Gasteiger partial charge in [-0.3, -0.25) is 0 Å². The maximum Gasteiger partial charge on any atom is 0.360 e. The molecule has 0 aliphatic rings. The number of methoxy groups -OCH3 is 1. The van der Waals surface area contributed by atoms with E-state index in [9.17, 15) is 9.18 Å². The number of esters is 1. The molecule has 21 heavy (non-hydrogen) atoms. The quantitative estimate of drug-likeness (QED) is 0.618. The van der Waals surface area contributed by atoms with Crippen LogP contribution in [0.1, 0.15) is 17.4 Å². The second kappa shape index (κ2) is 6.67. The highest BCUT2D eigenvalue weighted by atomic mass is 79.9.